The summed E-state index contributed by atoms with van der Waals surface area (Å²) in [6, 6.07) is 2.01. The molecule has 0 saturated carbocycles. The monoisotopic (exact) mass is 224 g/mol. The molecule has 0 aromatic carbocycles. The van der Waals surface area contributed by atoms with Crippen molar-refractivity contribution < 1.29 is 4.79 Å². The molecule has 0 atom stereocenters. The average molecular weight is 224 g/mol. The van der Waals surface area contributed by atoms with Gasteiger partial charge in [-0.25, -0.2) is 0 Å². The Morgan fingerprint density at radius 2 is 2.31 bits per heavy atom. The maximum atomic E-state index is 11.3. The summed E-state index contributed by atoms with van der Waals surface area (Å²) in [5.41, 5.74) is 2.08. The number of nitrogens with zero attached hydrogens (tertiary/aromatic N) is 2. The second kappa shape index (κ2) is 6.27. The second-order valence-electron chi connectivity index (χ2n) is 3.85. The standard InChI is InChI=1S/C11H20N4O/c1-4-5-13-11(16)8-12-7-10-6-9(2)14-15(10)3/h6,12H,4-5,7-8H2,1-3H3,(H,13,16). The molecular weight excluding hydrogens is 204 g/mol. The van der Waals surface area contributed by atoms with E-state index in [-0.39, 0.29) is 5.91 Å². The lowest BCUT2D eigenvalue weighted by atomic mass is 10.3. The van der Waals surface area contributed by atoms with Crippen LogP contribution in [0, 0.1) is 6.92 Å². The summed E-state index contributed by atoms with van der Waals surface area (Å²) in [5, 5.41) is 10.1. The van der Waals surface area contributed by atoms with Crippen LogP contribution in [0.2, 0.25) is 0 Å². The van der Waals surface area contributed by atoms with Gasteiger partial charge in [0.25, 0.3) is 0 Å². The number of hydrogen-bond acceptors (Lipinski definition) is 3. The first-order valence-corrected chi connectivity index (χ1v) is 5.60. The quantitative estimate of drug-likeness (QED) is 0.733. The Kier molecular flexibility index (Phi) is 4.98. The molecule has 2 N–H and O–H groups in total. The Morgan fingerprint density at radius 3 is 2.88 bits per heavy atom. The first-order valence-electron chi connectivity index (χ1n) is 5.60. The molecule has 1 rings (SSSR count). The summed E-state index contributed by atoms with van der Waals surface area (Å²) in [7, 11) is 1.90. The van der Waals surface area contributed by atoms with E-state index in [0.717, 1.165) is 24.4 Å². The lowest BCUT2D eigenvalue weighted by Gasteiger charge is -2.05. The number of amides is 1. The van der Waals surface area contributed by atoms with Gasteiger partial charge in [0, 0.05) is 20.1 Å². The van der Waals surface area contributed by atoms with Crippen molar-refractivity contribution in [1.29, 1.82) is 0 Å². The third-order valence-corrected chi connectivity index (χ3v) is 2.26. The first kappa shape index (κ1) is 12.7. The normalized spacial score (nSPS) is 10.4. The molecule has 0 fully saturated rings. The van der Waals surface area contributed by atoms with Crippen LogP contribution in [-0.4, -0.2) is 28.8 Å². The zero-order chi connectivity index (χ0) is 12.0. The molecule has 0 aliphatic heterocycles. The Labute approximate surface area is 96.2 Å². The van der Waals surface area contributed by atoms with E-state index in [1.54, 1.807) is 0 Å². The van der Waals surface area contributed by atoms with Gasteiger partial charge >= 0.3 is 0 Å². The van der Waals surface area contributed by atoms with Crippen LogP contribution >= 0.6 is 0 Å². The second-order valence-corrected chi connectivity index (χ2v) is 3.85. The third kappa shape index (κ3) is 4.02. The Balaban J connectivity index is 2.25. The van der Waals surface area contributed by atoms with Crippen molar-refractivity contribution in [2.24, 2.45) is 7.05 Å². The van der Waals surface area contributed by atoms with Crippen LogP contribution in [0.25, 0.3) is 0 Å². The van der Waals surface area contributed by atoms with E-state index in [1.165, 1.54) is 0 Å². The molecule has 0 unspecified atom stereocenters. The Bertz CT molecular complexity index is 346. The number of rotatable bonds is 6. The van der Waals surface area contributed by atoms with E-state index in [9.17, 15) is 4.79 Å². The van der Waals surface area contributed by atoms with Gasteiger partial charge in [-0.1, -0.05) is 6.92 Å². The SMILES string of the molecule is CCCNC(=O)CNCc1cc(C)nn1C. The molecule has 16 heavy (non-hydrogen) atoms. The van der Waals surface area contributed by atoms with E-state index < -0.39 is 0 Å². The van der Waals surface area contributed by atoms with E-state index in [1.807, 2.05) is 31.6 Å². The van der Waals surface area contributed by atoms with Crippen LogP contribution in [0.4, 0.5) is 0 Å². The van der Waals surface area contributed by atoms with Gasteiger partial charge in [0.1, 0.15) is 0 Å². The van der Waals surface area contributed by atoms with Crippen LogP contribution in [0.1, 0.15) is 24.7 Å². The minimum atomic E-state index is 0.0424. The van der Waals surface area contributed by atoms with E-state index >= 15 is 0 Å². The fourth-order valence-electron chi connectivity index (χ4n) is 1.46. The number of aryl methyl sites for hydroxylation is 2. The van der Waals surface area contributed by atoms with Crippen molar-refractivity contribution in [3.8, 4) is 0 Å². The summed E-state index contributed by atoms with van der Waals surface area (Å²) in [5.74, 6) is 0.0424. The molecule has 5 nitrogen and oxygen atoms in total. The highest BCUT2D eigenvalue weighted by Crippen LogP contribution is 2.00. The van der Waals surface area contributed by atoms with Gasteiger partial charge in [-0.05, 0) is 19.4 Å². The van der Waals surface area contributed by atoms with Crippen molar-refractivity contribution in [3.63, 3.8) is 0 Å². The summed E-state index contributed by atoms with van der Waals surface area (Å²) in [6.07, 6.45) is 0.965. The predicted octanol–water partition coefficient (Wildman–Crippen LogP) is 0.344. The van der Waals surface area contributed by atoms with Crippen molar-refractivity contribution in [2.45, 2.75) is 26.8 Å². The molecule has 1 aromatic rings. The van der Waals surface area contributed by atoms with E-state index in [0.29, 0.717) is 13.1 Å². The average Bonchev–Trinajstić information content (AvgIpc) is 2.55. The minimum absolute atomic E-state index is 0.0424. The summed E-state index contributed by atoms with van der Waals surface area (Å²) in [4.78, 5) is 11.3. The summed E-state index contributed by atoms with van der Waals surface area (Å²) in [6.45, 7) is 5.75. The highest BCUT2D eigenvalue weighted by atomic mass is 16.1. The van der Waals surface area contributed by atoms with E-state index in [4.69, 9.17) is 0 Å². The molecule has 0 bridgehead atoms. The van der Waals surface area contributed by atoms with Crippen LogP contribution < -0.4 is 10.6 Å². The first-order chi connectivity index (χ1) is 7.63. The van der Waals surface area contributed by atoms with Crippen molar-refractivity contribution in [3.05, 3.63) is 17.5 Å². The van der Waals surface area contributed by atoms with E-state index in [2.05, 4.69) is 15.7 Å². The maximum absolute atomic E-state index is 11.3. The fourth-order valence-corrected chi connectivity index (χ4v) is 1.46. The summed E-state index contributed by atoms with van der Waals surface area (Å²) >= 11 is 0. The van der Waals surface area contributed by atoms with Crippen LogP contribution in [0.15, 0.2) is 6.07 Å². The van der Waals surface area contributed by atoms with Crippen LogP contribution in [0.5, 0.6) is 0 Å². The number of carbonyl (C=O) groups excluding carboxylic acids is 1. The van der Waals surface area contributed by atoms with Gasteiger partial charge in [-0.15, -0.1) is 0 Å². The summed E-state index contributed by atoms with van der Waals surface area (Å²) < 4.78 is 1.83. The van der Waals surface area contributed by atoms with Crippen LogP contribution in [0.3, 0.4) is 0 Å². The highest BCUT2D eigenvalue weighted by Gasteiger charge is 2.03. The van der Waals surface area contributed by atoms with Crippen molar-refractivity contribution in [1.82, 2.24) is 20.4 Å². The molecule has 90 valence electrons. The zero-order valence-corrected chi connectivity index (χ0v) is 10.2. The Hall–Kier alpha value is -1.36. The zero-order valence-electron chi connectivity index (χ0n) is 10.2. The molecular formula is C11H20N4O. The lowest BCUT2D eigenvalue weighted by molar-refractivity contribution is -0.120. The minimum Gasteiger partial charge on any atom is -0.355 e. The van der Waals surface area contributed by atoms with Gasteiger partial charge in [-0.3, -0.25) is 9.48 Å². The lowest BCUT2D eigenvalue weighted by Crippen LogP contribution is -2.34. The number of carbonyl (C=O) groups is 1. The fraction of sp³-hybridized carbons (Fsp3) is 0.636. The Morgan fingerprint density at radius 1 is 1.56 bits per heavy atom. The molecule has 1 amide bonds. The smallest absolute Gasteiger partial charge is 0.233 e. The molecule has 5 heteroatoms. The molecule has 1 heterocycles. The molecule has 1 aromatic heterocycles. The largest absolute Gasteiger partial charge is 0.355 e. The van der Waals surface area contributed by atoms with Gasteiger partial charge in [0.15, 0.2) is 0 Å². The van der Waals surface area contributed by atoms with Crippen LogP contribution in [-0.2, 0) is 18.4 Å². The van der Waals surface area contributed by atoms with Gasteiger partial charge in [0.2, 0.25) is 5.91 Å². The van der Waals surface area contributed by atoms with Gasteiger partial charge < -0.3 is 10.6 Å². The molecule has 0 saturated heterocycles. The number of hydrogen-bond donors (Lipinski definition) is 2. The van der Waals surface area contributed by atoms with Gasteiger partial charge in [-0.2, -0.15) is 5.10 Å². The van der Waals surface area contributed by atoms with Crippen molar-refractivity contribution >= 4 is 5.91 Å². The maximum Gasteiger partial charge on any atom is 0.233 e. The highest BCUT2D eigenvalue weighted by molar-refractivity contribution is 5.77. The molecule has 0 spiro atoms. The van der Waals surface area contributed by atoms with Gasteiger partial charge in [0.05, 0.1) is 17.9 Å². The number of aromatic nitrogens is 2. The predicted molar refractivity (Wildman–Crippen MR) is 63.0 cm³/mol. The third-order valence-electron chi connectivity index (χ3n) is 2.26. The van der Waals surface area contributed by atoms with Crippen molar-refractivity contribution in [2.75, 3.05) is 13.1 Å². The molecule has 0 aliphatic rings. The molecule has 0 aliphatic carbocycles. The molecule has 0 radical (unpaired) electrons. The number of nitrogens with one attached hydrogen (secondary N) is 2. The topological polar surface area (TPSA) is 59.0 Å².